The Labute approximate surface area is 100.0 Å². The van der Waals surface area contributed by atoms with E-state index in [2.05, 4.69) is 12.2 Å². The number of hydrogen-bond donors (Lipinski definition) is 0. The average molecular weight is 214 g/mol. The second-order valence-electron chi connectivity index (χ2n) is 6.90. The molecule has 0 amide bonds. The molecule has 86 valence electrons. The Morgan fingerprint density at radius 3 is 2.00 bits per heavy atom. The predicted octanol–water partition coefficient (Wildman–Crippen LogP) is 4.56. The van der Waals surface area contributed by atoms with Crippen molar-refractivity contribution in [3.63, 3.8) is 0 Å². The smallest absolute Gasteiger partial charge is 0.0855 e. The maximum absolute atomic E-state index is 2.57. The van der Waals surface area contributed by atoms with Gasteiger partial charge in [0.2, 0.25) is 0 Å². The van der Waals surface area contributed by atoms with Gasteiger partial charge in [-0.15, -0.1) is 0 Å². The Bertz CT molecular complexity index is 287. The lowest BCUT2D eigenvalue weighted by Crippen LogP contribution is -2.39. The van der Waals surface area contributed by atoms with Crippen LogP contribution in [0, 0.1) is 11.8 Å². The highest BCUT2D eigenvalue weighted by Gasteiger charge is 2.49. The van der Waals surface area contributed by atoms with Crippen molar-refractivity contribution in [1.82, 2.24) is 0 Å². The van der Waals surface area contributed by atoms with Crippen LogP contribution in [0.1, 0.15) is 51.4 Å². The summed E-state index contributed by atoms with van der Waals surface area (Å²) in [5, 5.41) is 0. The van der Waals surface area contributed by atoms with E-state index in [9.17, 15) is 0 Å². The third-order valence-corrected chi connectivity index (χ3v) is 6.21. The van der Waals surface area contributed by atoms with E-state index in [4.69, 9.17) is 0 Å². The van der Waals surface area contributed by atoms with Gasteiger partial charge in [-0.2, -0.15) is 0 Å². The summed E-state index contributed by atoms with van der Waals surface area (Å²) in [6, 6.07) is 0. The summed E-state index contributed by atoms with van der Waals surface area (Å²) in [7, 11) is 0. The molecule has 3 atom stereocenters. The Hall–Kier alpha value is -0.195. The van der Waals surface area contributed by atoms with Gasteiger partial charge in [-0.25, -0.2) is 0 Å². The van der Waals surface area contributed by atoms with Gasteiger partial charge in [0.25, 0.3) is 0 Å². The van der Waals surface area contributed by atoms with Crippen molar-refractivity contribution in [3.8, 4) is 0 Å². The van der Waals surface area contributed by atoms with Crippen LogP contribution in [0.25, 0.3) is 0 Å². The van der Waals surface area contributed by atoms with Crippen LogP contribution in [0.3, 0.4) is 0 Å². The van der Waals surface area contributed by atoms with Crippen molar-refractivity contribution in [2.45, 2.75) is 68.8 Å². The lowest BCUT2D eigenvalue weighted by atomic mass is 9.21. The van der Waals surface area contributed by atoms with Crippen molar-refractivity contribution in [2.24, 2.45) is 11.8 Å². The van der Waals surface area contributed by atoms with Crippen molar-refractivity contribution in [3.05, 3.63) is 12.2 Å². The van der Waals surface area contributed by atoms with Gasteiger partial charge in [-0.1, -0.05) is 74.5 Å². The topological polar surface area (TPSA) is 0 Å². The molecule has 2 heterocycles. The van der Waals surface area contributed by atoms with Crippen LogP contribution in [0.15, 0.2) is 12.2 Å². The minimum absolute atomic E-state index is 0.984. The molecule has 1 saturated carbocycles. The molecule has 2 aliphatic carbocycles. The Morgan fingerprint density at radius 1 is 0.812 bits per heavy atom. The Morgan fingerprint density at radius 2 is 1.50 bits per heavy atom. The molecular weight excluding hydrogens is 191 g/mol. The molecule has 4 aliphatic rings. The summed E-state index contributed by atoms with van der Waals surface area (Å²) < 4.78 is 0. The summed E-state index contributed by atoms with van der Waals surface area (Å²) in [5.74, 6) is 5.34. The van der Waals surface area contributed by atoms with E-state index in [1.54, 1.807) is 44.9 Å². The SMILES string of the molecule is C1=C[C@@H]2C[C@H]1C[C@@H]2B1C2CCCC1CCC2. The molecule has 3 fully saturated rings. The Kier molecular flexibility index (Phi) is 2.23. The van der Waals surface area contributed by atoms with Crippen LogP contribution in [0.5, 0.6) is 0 Å². The van der Waals surface area contributed by atoms with Crippen molar-refractivity contribution >= 4 is 6.71 Å². The first-order valence-electron chi connectivity index (χ1n) is 7.60. The second kappa shape index (κ2) is 3.65. The Balaban J connectivity index is 1.59. The summed E-state index contributed by atoms with van der Waals surface area (Å²) in [6.45, 7) is 1.14. The van der Waals surface area contributed by atoms with Crippen LogP contribution in [-0.2, 0) is 0 Å². The molecule has 2 saturated heterocycles. The summed E-state index contributed by atoms with van der Waals surface area (Å²) in [4.78, 5) is 0. The van der Waals surface area contributed by atoms with Crippen molar-refractivity contribution in [2.75, 3.05) is 0 Å². The first-order chi connectivity index (χ1) is 7.92. The quantitative estimate of drug-likeness (QED) is 0.443. The standard InChI is InChI=1S/C15H23B/c1-3-13-5-2-6-14(4-1)16(13)15-10-11-7-8-12(15)9-11/h7-8,11-15H,1-6,9-10H2/t11-,12+,13?,14?,15-/m0/s1. The van der Waals surface area contributed by atoms with Crippen LogP contribution < -0.4 is 0 Å². The first-order valence-corrected chi connectivity index (χ1v) is 7.60. The van der Waals surface area contributed by atoms with Crippen LogP contribution >= 0.6 is 0 Å². The fraction of sp³-hybridized carbons (Fsp3) is 0.867. The molecule has 1 heteroatoms. The van der Waals surface area contributed by atoms with Gasteiger partial charge >= 0.3 is 0 Å². The second-order valence-corrected chi connectivity index (χ2v) is 6.90. The molecule has 2 aliphatic heterocycles. The third kappa shape index (κ3) is 1.36. The zero-order chi connectivity index (χ0) is 10.5. The molecular formula is C15H23B. The zero-order valence-corrected chi connectivity index (χ0v) is 10.3. The van der Waals surface area contributed by atoms with Gasteiger partial charge in [0.1, 0.15) is 6.71 Å². The molecule has 0 unspecified atom stereocenters. The van der Waals surface area contributed by atoms with Gasteiger partial charge in [0.05, 0.1) is 0 Å². The molecule has 0 aromatic heterocycles. The van der Waals surface area contributed by atoms with E-state index in [0.717, 1.165) is 36.0 Å². The normalized spacial score (nSPS) is 50.0. The predicted molar refractivity (Wildman–Crippen MR) is 70.1 cm³/mol. The minimum atomic E-state index is 0.984. The van der Waals surface area contributed by atoms with Crippen LogP contribution in [0.4, 0.5) is 0 Å². The van der Waals surface area contributed by atoms with Crippen molar-refractivity contribution < 1.29 is 0 Å². The average Bonchev–Trinajstić information content (AvgIpc) is 2.89. The molecule has 0 aromatic carbocycles. The number of allylic oxidation sites excluding steroid dienone is 2. The molecule has 0 N–H and O–H groups in total. The monoisotopic (exact) mass is 214 g/mol. The fourth-order valence-corrected chi connectivity index (χ4v) is 5.69. The zero-order valence-electron chi connectivity index (χ0n) is 10.3. The number of hydrogen-bond acceptors (Lipinski definition) is 0. The summed E-state index contributed by atoms with van der Waals surface area (Å²) >= 11 is 0. The first kappa shape index (κ1) is 9.80. The van der Waals surface area contributed by atoms with Gasteiger partial charge in [-0.05, 0) is 18.3 Å². The van der Waals surface area contributed by atoms with E-state index in [1.807, 2.05) is 0 Å². The van der Waals surface area contributed by atoms with Gasteiger partial charge in [-0.3, -0.25) is 0 Å². The fourth-order valence-electron chi connectivity index (χ4n) is 5.69. The van der Waals surface area contributed by atoms with Crippen molar-refractivity contribution in [1.29, 1.82) is 0 Å². The van der Waals surface area contributed by atoms with Crippen LogP contribution in [0.2, 0.25) is 17.5 Å². The van der Waals surface area contributed by atoms with E-state index in [-0.39, 0.29) is 0 Å². The molecule has 0 nitrogen and oxygen atoms in total. The molecule has 16 heavy (non-hydrogen) atoms. The molecule has 0 spiro atoms. The lowest BCUT2D eigenvalue weighted by molar-refractivity contribution is 0.427. The maximum atomic E-state index is 2.57. The van der Waals surface area contributed by atoms with Gasteiger partial charge in [0, 0.05) is 0 Å². The summed E-state index contributed by atoms with van der Waals surface area (Å²) in [6.07, 6.45) is 17.5. The molecule has 4 rings (SSSR count). The lowest BCUT2D eigenvalue weighted by Gasteiger charge is -2.45. The summed E-state index contributed by atoms with van der Waals surface area (Å²) in [5.41, 5.74) is 0. The van der Waals surface area contributed by atoms with Gasteiger partial charge < -0.3 is 0 Å². The highest BCUT2D eigenvalue weighted by Crippen LogP contribution is 2.58. The largest absolute Gasteiger partial charge is 0.150 e. The maximum Gasteiger partial charge on any atom is 0.150 e. The van der Waals surface area contributed by atoms with E-state index in [0.29, 0.717) is 0 Å². The molecule has 4 bridgehead atoms. The van der Waals surface area contributed by atoms with E-state index < -0.39 is 0 Å². The number of fused-ring (bicyclic) bond motifs is 4. The highest BCUT2D eigenvalue weighted by molar-refractivity contribution is 6.64. The minimum Gasteiger partial charge on any atom is -0.0855 e. The third-order valence-electron chi connectivity index (χ3n) is 6.21. The molecule has 0 radical (unpaired) electrons. The number of rotatable bonds is 1. The van der Waals surface area contributed by atoms with E-state index >= 15 is 0 Å². The van der Waals surface area contributed by atoms with Crippen LogP contribution in [-0.4, -0.2) is 6.71 Å². The highest BCUT2D eigenvalue weighted by atomic mass is 14.4. The van der Waals surface area contributed by atoms with E-state index in [1.165, 1.54) is 6.42 Å². The van der Waals surface area contributed by atoms with Gasteiger partial charge in [0.15, 0.2) is 0 Å². The molecule has 0 aromatic rings.